The predicted molar refractivity (Wildman–Crippen MR) is 98.7 cm³/mol. The molecule has 2 atom stereocenters. The van der Waals surface area contributed by atoms with Crippen molar-refractivity contribution in [2.75, 3.05) is 40.9 Å². The van der Waals surface area contributed by atoms with Crippen molar-refractivity contribution in [1.29, 1.82) is 0 Å². The van der Waals surface area contributed by atoms with E-state index in [2.05, 4.69) is 10.1 Å². The Hall–Kier alpha value is -2.49. The van der Waals surface area contributed by atoms with Gasteiger partial charge in [0.25, 0.3) is 0 Å². The molecule has 1 aromatic carbocycles. The summed E-state index contributed by atoms with van der Waals surface area (Å²) in [5.41, 5.74) is 0.935. The van der Waals surface area contributed by atoms with Gasteiger partial charge in [-0.15, -0.1) is 0 Å². The second kappa shape index (κ2) is 7.63. The SMILES string of the molecule is O=C1O[C@@H](Cn2cncn2)CN1c1ccc(N2CCCS(=O)CC2)c(F)c1. The summed E-state index contributed by atoms with van der Waals surface area (Å²) in [6.07, 6.45) is 2.87. The molecule has 2 saturated heterocycles. The van der Waals surface area contributed by atoms with Gasteiger partial charge in [0, 0.05) is 35.4 Å². The molecule has 1 aromatic heterocycles. The summed E-state index contributed by atoms with van der Waals surface area (Å²) in [6, 6.07) is 4.76. The van der Waals surface area contributed by atoms with E-state index >= 15 is 0 Å². The van der Waals surface area contributed by atoms with Crippen LogP contribution in [0.4, 0.5) is 20.6 Å². The highest BCUT2D eigenvalue weighted by atomic mass is 32.2. The molecule has 0 N–H and O–H groups in total. The summed E-state index contributed by atoms with van der Waals surface area (Å²) in [5, 5.41) is 4.00. The van der Waals surface area contributed by atoms with E-state index < -0.39 is 22.7 Å². The van der Waals surface area contributed by atoms with Crippen LogP contribution in [0.3, 0.4) is 0 Å². The summed E-state index contributed by atoms with van der Waals surface area (Å²) in [6.45, 7) is 1.95. The van der Waals surface area contributed by atoms with Gasteiger partial charge < -0.3 is 9.64 Å². The highest BCUT2D eigenvalue weighted by Gasteiger charge is 2.33. The average molecular weight is 393 g/mol. The lowest BCUT2D eigenvalue weighted by molar-refractivity contribution is 0.129. The molecular weight excluding hydrogens is 373 g/mol. The van der Waals surface area contributed by atoms with Crippen molar-refractivity contribution in [3.63, 3.8) is 0 Å². The van der Waals surface area contributed by atoms with Gasteiger partial charge in [0.1, 0.15) is 24.6 Å². The van der Waals surface area contributed by atoms with E-state index in [1.165, 1.54) is 17.3 Å². The van der Waals surface area contributed by atoms with Crippen LogP contribution in [0.1, 0.15) is 6.42 Å². The summed E-state index contributed by atoms with van der Waals surface area (Å²) in [7, 11) is -0.833. The second-order valence-electron chi connectivity index (χ2n) is 6.56. The molecule has 0 spiro atoms. The lowest BCUT2D eigenvalue weighted by Gasteiger charge is -2.24. The molecule has 1 unspecified atom stereocenters. The molecule has 8 nitrogen and oxygen atoms in total. The monoisotopic (exact) mass is 393 g/mol. The van der Waals surface area contributed by atoms with E-state index in [9.17, 15) is 13.4 Å². The van der Waals surface area contributed by atoms with Crippen molar-refractivity contribution in [2.45, 2.75) is 19.1 Å². The van der Waals surface area contributed by atoms with E-state index in [-0.39, 0.29) is 6.10 Å². The third-order valence-corrected chi connectivity index (χ3v) is 6.09. The number of cyclic esters (lactones) is 1. The van der Waals surface area contributed by atoms with Gasteiger partial charge in [0.2, 0.25) is 0 Å². The smallest absolute Gasteiger partial charge is 0.414 e. The number of rotatable bonds is 4. The van der Waals surface area contributed by atoms with Gasteiger partial charge >= 0.3 is 6.09 Å². The number of carbonyl (C=O) groups is 1. The number of benzene rings is 1. The Morgan fingerprint density at radius 1 is 1.30 bits per heavy atom. The number of ether oxygens (including phenoxy) is 1. The van der Waals surface area contributed by atoms with Crippen molar-refractivity contribution in [3.05, 3.63) is 36.7 Å². The Morgan fingerprint density at radius 2 is 2.19 bits per heavy atom. The first-order valence-electron chi connectivity index (χ1n) is 8.80. The van der Waals surface area contributed by atoms with Crippen LogP contribution in [0, 0.1) is 5.82 Å². The Morgan fingerprint density at radius 3 is 2.96 bits per heavy atom. The van der Waals surface area contributed by atoms with Crippen LogP contribution in [0.15, 0.2) is 30.9 Å². The fraction of sp³-hybridized carbons (Fsp3) is 0.471. The summed E-state index contributed by atoms with van der Waals surface area (Å²) < 4.78 is 33.3. The molecule has 2 aliphatic rings. The molecule has 0 saturated carbocycles. The number of hydrogen-bond acceptors (Lipinski definition) is 6. The summed E-state index contributed by atoms with van der Waals surface area (Å²) in [5.74, 6) is 0.805. The predicted octanol–water partition coefficient (Wildman–Crippen LogP) is 1.40. The number of nitrogens with zero attached hydrogens (tertiary/aromatic N) is 5. The number of amides is 1. The topological polar surface area (TPSA) is 80.6 Å². The number of anilines is 2. The van der Waals surface area contributed by atoms with Crippen molar-refractivity contribution < 1.29 is 18.1 Å². The third kappa shape index (κ3) is 3.95. The zero-order chi connectivity index (χ0) is 18.8. The van der Waals surface area contributed by atoms with Gasteiger partial charge in [-0.25, -0.2) is 18.9 Å². The normalized spacial score (nSPS) is 23.4. The van der Waals surface area contributed by atoms with Crippen LogP contribution in [-0.4, -0.2) is 62.3 Å². The minimum Gasteiger partial charge on any atom is -0.442 e. The molecule has 0 radical (unpaired) electrons. The number of aromatic nitrogens is 3. The Labute approximate surface area is 158 Å². The number of hydrogen-bond donors (Lipinski definition) is 0. The highest BCUT2D eigenvalue weighted by Crippen LogP contribution is 2.28. The zero-order valence-corrected chi connectivity index (χ0v) is 15.5. The first kappa shape index (κ1) is 17.9. The second-order valence-corrected chi connectivity index (χ2v) is 8.25. The molecule has 1 amide bonds. The van der Waals surface area contributed by atoms with E-state index in [0.29, 0.717) is 49.1 Å². The van der Waals surface area contributed by atoms with Crippen LogP contribution >= 0.6 is 0 Å². The lowest BCUT2D eigenvalue weighted by atomic mass is 10.2. The molecule has 27 heavy (non-hydrogen) atoms. The largest absolute Gasteiger partial charge is 0.442 e. The molecular formula is C17H20FN5O3S. The minimum atomic E-state index is -0.833. The first-order chi connectivity index (χ1) is 13.1. The molecule has 4 rings (SSSR count). The maximum absolute atomic E-state index is 14.7. The van der Waals surface area contributed by atoms with Gasteiger partial charge in [0.15, 0.2) is 0 Å². The van der Waals surface area contributed by atoms with Crippen LogP contribution in [0.2, 0.25) is 0 Å². The molecule has 3 heterocycles. The molecule has 2 fully saturated rings. The van der Waals surface area contributed by atoms with Crippen molar-refractivity contribution >= 4 is 28.3 Å². The van der Waals surface area contributed by atoms with Gasteiger partial charge in [-0.3, -0.25) is 9.11 Å². The Bertz CT molecular complexity index is 847. The fourth-order valence-corrected chi connectivity index (χ4v) is 4.45. The Kier molecular flexibility index (Phi) is 5.06. The van der Waals surface area contributed by atoms with E-state index in [0.717, 1.165) is 6.42 Å². The molecule has 10 heteroatoms. The zero-order valence-electron chi connectivity index (χ0n) is 14.7. The maximum Gasteiger partial charge on any atom is 0.414 e. The quantitative estimate of drug-likeness (QED) is 0.781. The Balaban J connectivity index is 1.47. The minimum absolute atomic E-state index is 0.320. The van der Waals surface area contributed by atoms with Gasteiger partial charge in [0.05, 0.1) is 24.5 Å². The average Bonchev–Trinajstić information content (AvgIpc) is 3.22. The van der Waals surface area contributed by atoms with Crippen molar-refractivity contribution in [1.82, 2.24) is 14.8 Å². The lowest BCUT2D eigenvalue weighted by Crippen LogP contribution is -2.28. The number of carbonyl (C=O) groups excluding carboxylic acids is 1. The molecule has 2 aromatic rings. The summed E-state index contributed by atoms with van der Waals surface area (Å²) >= 11 is 0. The van der Waals surface area contributed by atoms with Crippen LogP contribution in [-0.2, 0) is 22.1 Å². The van der Waals surface area contributed by atoms with Gasteiger partial charge in [-0.1, -0.05) is 0 Å². The molecule has 144 valence electrons. The first-order valence-corrected chi connectivity index (χ1v) is 10.3. The van der Waals surface area contributed by atoms with E-state index in [1.807, 2.05) is 4.90 Å². The van der Waals surface area contributed by atoms with Gasteiger partial charge in [-0.2, -0.15) is 5.10 Å². The molecule has 0 bridgehead atoms. The van der Waals surface area contributed by atoms with Crippen LogP contribution < -0.4 is 9.80 Å². The standard InChI is InChI=1S/C17H20FN5O3S/c18-15-8-13(2-3-16(15)21-4-1-6-27(25)7-5-21)23-10-14(26-17(23)24)9-22-12-19-11-20-22/h2-3,8,11-12,14H,1,4-7,9-10H2/t14-,27?/m0/s1. The molecule has 0 aliphatic carbocycles. The summed E-state index contributed by atoms with van der Waals surface area (Å²) in [4.78, 5) is 19.4. The van der Waals surface area contributed by atoms with E-state index in [1.54, 1.807) is 23.1 Å². The highest BCUT2D eigenvalue weighted by molar-refractivity contribution is 7.85. The fourth-order valence-electron chi connectivity index (χ4n) is 3.37. The van der Waals surface area contributed by atoms with Crippen molar-refractivity contribution in [3.8, 4) is 0 Å². The van der Waals surface area contributed by atoms with Crippen LogP contribution in [0.5, 0.6) is 0 Å². The maximum atomic E-state index is 14.7. The number of halogens is 1. The third-order valence-electron chi connectivity index (χ3n) is 4.70. The van der Waals surface area contributed by atoms with Gasteiger partial charge in [-0.05, 0) is 24.6 Å². The molecule has 2 aliphatic heterocycles. The van der Waals surface area contributed by atoms with Crippen LogP contribution in [0.25, 0.3) is 0 Å². The van der Waals surface area contributed by atoms with Crippen molar-refractivity contribution in [2.24, 2.45) is 0 Å². The van der Waals surface area contributed by atoms with E-state index in [4.69, 9.17) is 4.74 Å².